The van der Waals surface area contributed by atoms with Gasteiger partial charge in [0.25, 0.3) is 5.56 Å². The van der Waals surface area contributed by atoms with Crippen LogP contribution in [0.25, 0.3) is 0 Å². The van der Waals surface area contributed by atoms with E-state index >= 15 is 0 Å². The lowest BCUT2D eigenvalue weighted by molar-refractivity contribution is 0.0525. The van der Waals surface area contributed by atoms with E-state index in [-0.39, 0.29) is 17.7 Å². The van der Waals surface area contributed by atoms with E-state index in [0.29, 0.717) is 0 Å². The SMILES string of the molecule is CCOC(=O)c1cnn(C)c(=O)c1. The summed E-state index contributed by atoms with van der Waals surface area (Å²) < 4.78 is 5.84. The number of nitrogens with zero attached hydrogens (tertiary/aromatic N) is 2. The summed E-state index contributed by atoms with van der Waals surface area (Å²) in [7, 11) is 1.51. The molecule has 0 radical (unpaired) electrons. The highest BCUT2D eigenvalue weighted by Gasteiger charge is 2.07. The molecular formula is C8H10N2O3. The molecule has 0 spiro atoms. The van der Waals surface area contributed by atoms with Crippen LogP contribution in [0.4, 0.5) is 0 Å². The van der Waals surface area contributed by atoms with Crippen molar-refractivity contribution in [3.8, 4) is 0 Å². The maximum absolute atomic E-state index is 11.1. The van der Waals surface area contributed by atoms with Crippen molar-refractivity contribution in [2.45, 2.75) is 6.92 Å². The zero-order valence-electron chi connectivity index (χ0n) is 7.48. The molecule has 0 N–H and O–H groups in total. The summed E-state index contributed by atoms with van der Waals surface area (Å²) in [6.45, 7) is 1.99. The predicted octanol–water partition coefficient (Wildman–Crippen LogP) is -0.0430. The maximum atomic E-state index is 11.1. The third-order valence-corrected chi connectivity index (χ3v) is 1.48. The third kappa shape index (κ3) is 2.14. The molecule has 13 heavy (non-hydrogen) atoms. The molecule has 0 aliphatic carbocycles. The minimum atomic E-state index is -0.521. The van der Waals surface area contributed by atoms with E-state index in [0.717, 1.165) is 4.68 Å². The first-order valence-corrected chi connectivity index (χ1v) is 3.85. The first kappa shape index (κ1) is 9.44. The summed E-state index contributed by atoms with van der Waals surface area (Å²) in [4.78, 5) is 22.1. The lowest BCUT2D eigenvalue weighted by Gasteiger charge is -2.00. The van der Waals surface area contributed by atoms with Crippen LogP contribution in [-0.4, -0.2) is 22.4 Å². The molecule has 0 bridgehead atoms. The molecular weight excluding hydrogens is 172 g/mol. The second-order valence-corrected chi connectivity index (χ2v) is 2.43. The molecule has 0 aliphatic rings. The van der Waals surface area contributed by atoms with E-state index in [1.807, 2.05) is 0 Å². The fraction of sp³-hybridized carbons (Fsp3) is 0.375. The van der Waals surface area contributed by atoms with E-state index in [4.69, 9.17) is 4.74 Å². The average molecular weight is 182 g/mol. The number of ether oxygens (including phenoxy) is 1. The smallest absolute Gasteiger partial charge is 0.339 e. The number of hydrogen-bond donors (Lipinski definition) is 0. The van der Waals surface area contributed by atoms with Crippen molar-refractivity contribution in [2.24, 2.45) is 7.05 Å². The molecule has 70 valence electrons. The van der Waals surface area contributed by atoms with Gasteiger partial charge in [-0.3, -0.25) is 4.79 Å². The fourth-order valence-corrected chi connectivity index (χ4v) is 0.795. The Kier molecular flexibility index (Phi) is 2.79. The minimum Gasteiger partial charge on any atom is -0.462 e. The Morgan fingerprint density at radius 2 is 2.38 bits per heavy atom. The Hall–Kier alpha value is -1.65. The topological polar surface area (TPSA) is 61.2 Å². The second kappa shape index (κ2) is 3.84. The van der Waals surface area contributed by atoms with Crippen molar-refractivity contribution in [2.75, 3.05) is 6.61 Å². The van der Waals surface area contributed by atoms with Crippen LogP contribution in [0, 0.1) is 0 Å². The molecule has 0 unspecified atom stereocenters. The zero-order valence-corrected chi connectivity index (χ0v) is 7.48. The Bertz CT molecular complexity index is 370. The molecule has 0 fully saturated rings. The van der Waals surface area contributed by atoms with E-state index in [1.54, 1.807) is 6.92 Å². The summed E-state index contributed by atoms with van der Waals surface area (Å²) in [6.07, 6.45) is 1.30. The molecule has 5 heteroatoms. The molecule has 1 aromatic heterocycles. The van der Waals surface area contributed by atoms with Crippen LogP contribution in [0.1, 0.15) is 17.3 Å². The van der Waals surface area contributed by atoms with Gasteiger partial charge in [-0.05, 0) is 6.92 Å². The molecule has 1 rings (SSSR count). The van der Waals surface area contributed by atoms with Crippen molar-refractivity contribution in [3.63, 3.8) is 0 Å². The van der Waals surface area contributed by atoms with E-state index in [1.165, 1.54) is 19.3 Å². The van der Waals surface area contributed by atoms with Crippen LogP contribution in [0.3, 0.4) is 0 Å². The highest BCUT2D eigenvalue weighted by Crippen LogP contribution is 1.94. The summed E-state index contributed by atoms with van der Waals surface area (Å²) in [5, 5.41) is 3.69. The third-order valence-electron chi connectivity index (χ3n) is 1.48. The highest BCUT2D eigenvalue weighted by atomic mass is 16.5. The first-order valence-electron chi connectivity index (χ1n) is 3.85. The Balaban J connectivity index is 2.97. The van der Waals surface area contributed by atoms with Gasteiger partial charge in [-0.1, -0.05) is 0 Å². The largest absolute Gasteiger partial charge is 0.462 e. The zero-order chi connectivity index (χ0) is 9.84. The summed E-state index contributed by atoms with van der Waals surface area (Å²) in [5.74, 6) is -0.521. The van der Waals surface area contributed by atoms with Crippen molar-refractivity contribution in [3.05, 3.63) is 28.2 Å². The van der Waals surface area contributed by atoms with Gasteiger partial charge in [0.15, 0.2) is 0 Å². The minimum absolute atomic E-state index is 0.185. The van der Waals surface area contributed by atoms with Crippen LogP contribution < -0.4 is 5.56 Å². The van der Waals surface area contributed by atoms with Crippen molar-refractivity contribution in [1.29, 1.82) is 0 Å². The Morgan fingerprint density at radius 3 is 2.92 bits per heavy atom. The van der Waals surface area contributed by atoms with Crippen molar-refractivity contribution in [1.82, 2.24) is 9.78 Å². The number of aryl methyl sites for hydroxylation is 1. The van der Waals surface area contributed by atoms with Gasteiger partial charge in [0.05, 0.1) is 18.4 Å². The molecule has 0 aliphatic heterocycles. The van der Waals surface area contributed by atoms with Gasteiger partial charge in [0.1, 0.15) is 0 Å². The van der Waals surface area contributed by atoms with Crippen LogP contribution >= 0.6 is 0 Å². The number of carbonyl (C=O) groups excluding carboxylic acids is 1. The number of carbonyl (C=O) groups is 1. The van der Waals surface area contributed by atoms with Gasteiger partial charge in [-0.25, -0.2) is 9.48 Å². The van der Waals surface area contributed by atoms with Gasteiger partial charge >= 0.3 is 5.97 Å². The van der Waals surface area contributed by atoms with E-state index in [9.17, 15) is 9.59 Å². The normalized spacial score (nSPS) is 9.69. The number of hydrogen-bond acceptors (Lipinski definition) is 4. The van der Waals surface area contributed by atoms with Gasteiger partial charge in [-0.2, -0.15) is 5.10 Å². The molecule has 1 heterocycles. The molecule has 0 saturated heterocycles. The van der Waals surface area contributed by atoms with Crippen LogP contribution in [-0.2, 0) is 11.8 Å². The van der Waals surface area contributed by atoms with Gasteiger partial charge in [0, 0.05) is 13.1 Å². The van der Waals surface area contributed by atoms with Crippen LogP contribution in [0.5, 0.6) is 0 Å². The standard InChI is InChI=1S/C8H10N2O3/c1-3-13-8(12)6-4-7(11)10(2)9-5-6/h4-5H,3H2,1-2H3. The summed E-state index contributed by atoms with van der Waals surface area (Å²) >= 11 is 0. The monoisotopic (exact) mass is 182 g/mol. The quantitative estimate of drug-likeness (QED) is 0.602. The van der Waals surface area contributed by atoms with Crippen molar-refractivity contribution < 1.29 is 9.53 Å². The Morgan fingerprint density at radius 1 is 1.69 bits per heavy atom. The van der Waals surface area contributed by atoms with Gasteiger partial charge in [-0.15, -0.1) is 0 Å². The van der Waals surface area contributed by atoms with E-state index in [2.05, 4.69) is 5.10 Å². The van der Waals surface area contributed by atoms with Gasteiger partial charge < -0.3 is 4.74 Å². The average Bonchev–Trinajstić information content (AvgIpc) is 2.10. The number of esters is 1. The lowest BCUT2D eigenvalue weighted by atomic mass is 10.3. The lowest BCUT2D eigenvalue weighted by Crippen LogP contribution is -2.20. The molecule has 0 saturated carbocycles. The molecule has 5 nitrogen and oxygen atoms in total. The fourth-order valence-electron chi connectivity index (χ4n) is 0.795. The maximum Gasteiger partial charge on any atom is 0.339 e. The molecule has 1 aromatic rings. The number of aromatic nitrogens is 2. The predicted molar refractivity (Wildman–Crippen MR) is 45.4 cm³/mol. The second-order valence-electron chi connectivity index (χ2n) is 2.43. The van der Waals surface area contributed by atoms with Crippen LogP contribution in [0.15, 0.2) is 17.1 Å². The summed E-state index contributed by atoms with van der Waals surface area (Å²) in [5.41, 5.74) is -0.143. The van der Waals surface area contributed by atoms with Gasteiger partial charge in [0.2, 0.25) is 0 Å². The summed E-state index contributed by atoms with van der Waals surface area (Å²) in [6, 6.07) is 1.20. The highest BCUT2D eigenvalue weighted by molar-refractivity contribution is 5.88. The molecule has 0 amide bonds. The van der Waals surface area contributed by atoms with Crippen molar-refractivity contribution >= 4 is 5.97 Å². The molecule has 0 atom stereocenters. The first-order chi connectivity index (χ1) is 6.15. The number of rotatable bonds is 2. The van der Waals surface area contributed by atoms with E-state index < -0.39 is 5.97 Å². The van der Waals surface area contributed by atoms with Crippen LogP contribution in [0.2, 0.25) is 0 Å². The Labute approximate surface area is 74.9 Å². The molecule has 0 aromatic carbocycles.